The van der Waals surface area contributed by atoms with Gasteiger partial charge in [0, 0.05) is 12.6 Å². The fourth-order valence-electron chi connectivity index (χ4n) is 1.81. The highest BCUT2D eigenvalue weighted by Gasteiger charge is 2.15. The topological polar surface area (TPSA) is 39.2 Å². The number of nitrogens with zero attached hydrogens (tertiary/aromatic N) is 1. The van der Waals surface area contributed by atoms with Crippen molar-refractivity contribution < 1.29 is 9.53 Å². The third-order valence-electron chi connectivity index (χ3n) is 2.73. The summed E-state index contributed by atoms with van der Waals surface area (Å²) in [4.78, 5) is 15.5. The lowest BCUT2D eigenvalue weighted by atomic mass is 10.1. The highest BCUT2D eigenvalue weighted by Crippen LogP contribution is 2.12. The normalized spacial score (nSPS) is 11.8. The van der Waals surface area contributed by atoms with Gasteiger partial charge in [0.05, 0.1) is 0 Å². The lowest BCUT2D eigenvalue weighted by Crippen LogP contribution is -2.23. The van der Waals surface area contributed by atoms with Crippen LogP contribution in [0.25, 0.3) is 6.08 Å². The van der Waals surface area contributed by atoms with E-state index in [0.717, 1.165) is 31.2 Å². The number of carbonyl (C=O) groups is 1. The summed E-state index contributed by atoms with van der Waals surface area (Å²) in [6.07, 6.45) is 10.4. The van der Waals surface area contributed by atoms with Gasteiger partial charge >= 0.3 is 5.97 Å². The SMILES string of the molecule is CC(C)(C)OC(=O)CCCCCC=Cc1ccc(Cl)nc1. The molecule has 4 heteroatoms. The molecule has 0 aliphatic rings. The van der Waals surface area contributed by atoms with Gasteiger partial charge in [0.25, 0.3) is 0 Å². The first kappa shape index (κ1) is 17.7. The molecule has 0 aromatic carbocycles. The highest BCUT2D eigenvalue weighted by molar-refractivity contribution is 6.29. The van der Waals surface area contributed by atoms with Crippen LogP contribution in [0.4, 0.5) is 0 Å². The summed E-state index contributed by atoms with van der Waals surface area (Å²) in [7, 11) is 0. The van der Waals surface area contributed by atoms with Crippen molar-refractivity contribution in [2.75, 3.05) is 0 Å². The van der Waals surface area contributed by atoms with Crippen LogP contribution in [0.3, 0.4) is 0 Å². The molecule has 0 fully saturated rings. The molecule has 0 spiro atoms. The first-order valence-corrected chi connectivity index (χ1v) is 7.74. The third-order valence-corrected chi connectivity index (χ3v) is 2.96. The predicted octanol–water partition coefficient (Wildman–Crippen LogP) is 5.04. The monoisotopic (exact) mass is 309 g/mol. The van der Waals surface area contributed by atoms with Gasteiger partial charge < -0.3 is 4.74 Å². The zero-order chi connectivity index (χ0) is 15.7. The molecule has 3 nitrogen and oxygen atoms in total. The van der Waals surface area contributed by atoms with Crippen LogP contribution in [0.5, 0.6) is 0 Å². The number of pyridine rings is 1. The molecule has 1 rings (SSSR count). The van der Waals surface area contributed by atoms with Crippen LogP contribution in [0, 0.1) is 0 Å². The van der Waals surface area contributed by atoms with Crippen LogP contribution in [-0.4, -0.2) is 16.6 Å². The predicted molar refractivity (Wildman–Crippen MR) is 87.2 cm³/mol. The summed E-state index contributed by atoms with van der Waals surface area (Å²) in [5, 5.41) is 0.509. The largest absolute Gasteiger partial charge is 0.460 e. The first-order chi connectivity index (χ1) is 9.87. The maximum absolute atomic E-state index is 11.5. The number of halogens is 1. The molecule has 0 unspecified atom stereocenters. The molecule has 0 saturated heterocycles. The van der Waals surface area contributed by atoms with Gasteiger partial charge in [-0.3, -0.25) is 4.79 Å². The lowest BCUT2D eigenvalue weighted by molar-refractivity contribution is -0.154. The summed E-state index contributed by atoms with van der Waals surface area (Å²) < 4.78 is 5.26. The number of hydrogen-bond acceptors (Lipinski definition) is 3. The zero-order valence-corrected chi connectivity index (χ0v) is 13.8. The number of rotatable bonds is 7. The van der Waals surface area contributed by atoms with Crippen molar-refractivity contribution in [3.63, 3.8) is 0 Å². The fraction of sp³-hybridized carbons (Fsp3) is 0.529. The summed E-state index contributed by atoms with van der Waals surface area (Å²) >= 11 is 5.72. The average molecular weight is 310 g/mol. The van der Waals surface area contributed by atoms with E-state index in [-0.39, 0.29) is 11.6 Å². The molecule has 0 saturated carbocycles. The zero-order valence-electron chi connectivity index (χ0n) is 13.1. The van der Waals surface area contributed by atoms with Crippen LogP contribution in [-0.2, 0) is 9.53 Å². The molecule has 0 amide bonds. The Morgan fingerprint density at radius 2 is 2.05 bits per heavy atom. The Labute approximate surface area is 132 Å². The van der Waals surface area contributed by atoms with Crippen molar-refractivity contribution in [3.05, 3.63) is 35.1 Å². The molecule has 0 bridgehead atoms. The molecule has 1 aromatic rings. The first-order valence-electron chi connectivity index (χ1n) is 7.37. The molecule has 1 aromatic heterocycles. The molecule has 1 heterocycles. The third kappa shape index (κ3) is 9.24. The number of carbonyl (C=O) groups excluding carboxylic acids is 1. The van der Waals surface area contributed by atoms with Gasteiger partial charge in [0.1, 0.15) is 10.8 Å². The van der Waals surface area contributed by atoms with E-state index < -0.39 is 0 Å². The quantitative estimate of drug-likeness (QED) is 0.402. The Morgan fingerprint density at radius 3 is 2.67 bits per heavy atom. The minimum Gasteiger partial charge on any atom is -0.460 e. The van der Waals surface area contributed by atoms with Crippen LogP contribution in [0.15, 0.2) is 24.4 Å². The maximum atomic E-state index is 11.5. The molecule has 0 aliphatic carbocycles. The molecule has 0 aliphatic heterocycles. The van der Waals surface area contributed by atoms with E-state index in [9.17, 15) is 4.79 Å². The number of hydrogen-bond donors (Lipinski definition) is 0. The van der Waals surface area contributed by atoms with Crippen LogP contribution in [0.2, 0.25) is 5.15 Å². The van der Waals surface area contributed by atoms with Crippen LogP contribution >= 0.6 is 11.6 Å². The van der Waals surface area contributed by atoms with Crippen LogP contribution < -0.4 is 0 Å². The minimum absolute atomic E-state index is 0.106. The molecule has 0 N–H and O–H groups in total. The van der Waals surface area contributed by atoms with Crippen molar-refractivity contribution in [2.45, 2.75) is 58.5 Å². The van der Waals surface area contributed by atoms with E-state index in [2.05, 4.69) is 11.1 Å². The number of ether oxygens (including phenoxy) is 1. The Morgan fingerprint density at radius 1 is 1.29 bits per heavy atom. The van der Waals surface area contributed by atoms with E-state index in [0.29, 0.717) is 11.6 Å². The van der Waals surface area contributed by atoms with E-state index >= 15 is 0 Å². The molecule has 0 radical (unpaired) electrons. The second kappa shape index (κ2) is 8.83. The smallest absolute Gasteiger partial charge is 0.306 e. The van der Waals surface area contributed by atoms with Crippen LogP contribution in [0.1, 0.15) is 58.4 Å². The van der Waals surface area contributed by atoms with Gasteiger partial charge in [-0.1, -0.05) is 36.2 Å². The van der Waals surface area contributed by atoms with Gasteiger partial charge in [-0.05, 0) is 51.7 Å². The highest BCUT2D eigenvalue weighted by atomic mass is 35.5. The Hall–Kier alpha value is -1.35. The Bertz CT molecular complexity index is 461. The molecule has 0 atom stereocenters. The van der Waals surface area contributed by atoms with Crippen molar-refractivity contribution in [2.24, 2.45) is 0 Å². The van der Waals surface area contributed by atoms with Gasteiger partial charge in [-0.25, -0.2) is 4.98 Å². The summed E-state index contributed by atoms with van der Waals surface area (Å²) in [5.41, 5.74) is 0.667. The van der Waals surface area contributed by atoms with Gasteiger partial charge in [0.15, 0.2) is 0 Å². The van der Waals surface area contributed by atoms with Gasteiger partial charge in [-0.2, -0.15) is 0 Å². The second-order valence-corrected chi connectivity index (χ2v) is 6.39. The van der Waals surface area contributed by atoms with Crippen molar-refractivity contribution >= 4 is 23.6 Å². The Kier molecular flexibility index (Phi) is 7.44. The number of unbranched alkanes of at least 4 members (excludes halogenated alkanes) is 3. The van der Waals surface area contributed by atoms with Gasteiger partial charge in [-0.15, -0.1) is 0 Å². The van der Waals surface area contributed by atoms with Crippen molar-refractivity contribution in [3.8, 4) is 0 Å². The van der Waals surface area contributed by atoms with Crippen molar-refractivity contribution in [1.82, 2.24) is 4.98 Å². The summed E-state index contributed by atoms with van der Waals surface area (Å²) in [6, 6.07) is 3.72. The molecular weight excluding hydrogens is 286 g/mol. The molecular formula is C17H24ClNO2. The number of allylic oxidation sites excluding steroid dienone is 1. The minimum atomic E-state index is -0.383. The average Bonchev–Trinajstić information content (AvgIpc) is 2.37. The lowest BCUT2D eigenvalue weighted by Gasteiger charge is -2.19. The maximum Gasteiger partial charge on any atom is 0.306 e. The summed E-state index contributed by atoms with van der Waals surface area (Å²) in [6.45, 7) is 5.67. The van der Waals surface area contributed by atoms with E-state index in [1.807, 2.05) is 32.9 Å². The standard InChI is InChI=1S/C17H24ClNO2/c1-17(2,3)21-16(20)10-8-6-4-5-7-9-14-11-12-15(18)19-13-14/h7,9,11-13H,4-6,8,10H2,1-3H3. The fourth-order valence-corrected chi connectivity index (χ4v) is 1.92. The van der Waals surface area contributed by atoms with Crippen molar-refractivity contribution in [1.29, 1.82) is 0 Å². The molecule has 116 valence electrons. The Balaban J connectivity index is 2.09. The van der Waals surface area contributed by atoms with E-state index in [1.165, 1.54) is 0 Å². The van der Waals surface area contributed by atoms with E-state index in [4.69, 9.17) is 16.3 Å². The summed E-state index contributed by atoms with van der Waals surface area (Å²) in [5.74, 6) is -0.106. The second-order valence-electron chi connectivity index (χ2n) is 6.00. The number of aromatic nitrogens is 1. The van der Waals surface area contributed by atoms with E-state index in [1.54, 1.807) is 12.3 Å². The number of esters is 1. The molecule has 21 heavy (non-hydrogen) atoms. The van der Waals surface area contributed by atoms with Gasteiger partial charge in [0.2, 0.25) is 0 Å².